The van der Waals surface area contributed by atoms with Crippen molar-refractivity contribution in [3.05, 3.63) is 35.9 Å². The highest BCUT2D eigenvalue weighted by Gasteiger charge is 2.35. The van der Waals surface area contributed by atoms with E-state index in [1.807, 2.05) is 51.1 Å². The molecule has 1 fully saturated rings. The van der Waals surface area contributed by atoms with E-state index in [0.29, 0.717) is 30.7 Å². The van der Waals surface area contributed by atoms with Crippen LogP contribution in [0, 0.1) is 29.1 Å². The molecule has 1 saturated carbocycles. The number of nitrogens with one attached hydrogen (secondary N) is 3. The van der Waals surface area contributed by atoms with Crippen LogP contribution >= 0.6 is 0 Å². The number of rotatable bonds is 9. The summed E-state index contributed by atoms with van der Waals surface area (Å²) in [5.41, 5.74) is 0.767. The molecule has 6 heteroatoms. The van der Waals surface area contributed by atoms with Gasteiger partial charge in [0.15, 0.2) is 0 Å². The number of benzene rings is 1. The molecule has 1 aliphatic rings. The smallest absolute Gasteiger partial charge is 0.242 e. The van der Waals surface area contributed by atoms with Crippen LogP contribution in [0.4, 0.5) is 0 Å². The third-order valence-corrected chi connectivity index (χ3v) is 6.82. The monoisotopic (exact) mass is 471 g/mol. The maximum Gasteiger partial charge on any atom is 0.242 e. The fourth-order valence-corrected chi connectivity index (χ4v) is 4.91. The van der Waals surface area contributed by atoms with Gasteiger partial charge in [-0.3, -0.25) is 14.4 Å². The van der Waals surface area contributed by atoms with Gasteiger partial charge in [-0.05, 0) is 48.5 Å². The third kappa shape index (κ3) is 8.77. The van der Waals surface area contributed by atoms with E-state index in [2.05, 4.69) is 36.7 Å². The molecule has 0 heterocycles. The number of carbonyl (C=O) groups is 3. The first kappa shape index (κ1) is 27.9. The minimum atomic E-state index is -0.665. The first-order chi connectivity index (χ1) is 15.9. The van der Waals surface area contributed by atoms with Crippen LogP contribution < -0.4 is 16.0 Å². The molecule has 34 heavy (non-hydrogen) atoms. The van der Waals surface area contributed by atoms with Crippen LogP contribution in [0.15, 0.2) is 30.3 Å². The molecule has 2 rings (SSSR count). The van der Waals surface area contributed by atoms with E-state index in [1.165, 1.54) is 6.42 Å². The molecule has 6 nitrogen and oxygen atoms in total. The van der Waals surface area contributed by atoms with Gasteiger partial charge in [-0.25, -0.2) is 0 Å². The highest BCUT2D eigenvalue weighted by Crippen LogP contribution is 2.38. The first-order valence-corrected chi connectivity index (χ1v) is 12.8. The number of carbonyl (C=O) groups excluding carboxylic acids is 3. The summed E-state index contributed by atoms with van der Waals surface area (Å²) >= 11 is 0. The van der Waals surface area contributed by atoms with E-state index in [0.717, 1.165) is 18.4 Å². The van der Waals surface area contributed by atoms with Gasteiger partial charge in [0.2, 0.25) is 17.7 Å². The van der Waals surface area contributed by atoms with Gasteiger partial charge in [-0.2, -0.15) is 0 Å². The van der Waals surface area contributed by atoms with Crippen LogP contribution in [0.2, 0.25) is 0 Å². The van der Waals surface area contributed by atoms with E-state index < -0.39 is 6.04 Å². The van der Waals surface area contributed by atoms with Crippen LogP contribution in [0.1, 0.15) is 85.8 Å². The number of hydrogen-bond donors (Lipinski definition) is 3. The van der Waals surface area contributed by atoms with Crippen molar-refractivity contribution in [1.29, 1.82) is 0 Å². The average molecular weight is 472 g/mol. The zero-order valence-corrected chi connectivity index (χ0v) is 22.1. The van der Waals surface area contributed by atoms with Gasteiger partial charge in [0.25, 0.3) is 0 Å². The number of hydrogen-bond acceptors (Lipinski definition) is 3. The summed E-state index contributed by atoms with van der Waals surface area (Å²) in [5.74, 6) is 1.07. The van der Waals surface area contributed by atoms with Gasteiger partial charge in [-0.1, -0.05) is 78.3 Å². The second-order valence-electron chi connectivity index (χ2n) is 11.7. The Morgan fingerprint density at radius 3 is 2.24 bits per heavy atom. The van der Waals surface area contributed by atoms with Gasteiger partial charge in [-0.15, -0.1) is 0 Å². The standard InChI is InChI=1S/C28H45N3O3/c1-18(2)22-14-13-19(3)15-23(22)27(34)29-17-24(21-11-9-8-10-12-21)31-26(33)20(4)30-25(32)16-28(5,6)7/h8-12,18-20,22-24H,13-17H2,1-7H3,(H,29,34)(H,30,32)(H,31,33)/t19-,20-,22+,23-,24-/m1/s1. The van der Waals surface area contributed by atoms with Crippen LogP contribution in [-0.4, -0.2) is 30.3 Å². The molecule has 5 atom stereocenters. The largest absolute Gasteiger partial charge is 0.353 e. The Bertz CT molecular complexity index is 816. The molecular formula is C28H45N3O3. The van der Waals surface area contributed by atoms with Crippen molar-refractivity contribution < 1.29 is 14.4 Å². The molecule has 3 amide bonds. The van der Waals surface area contributed by atoms with Gasteiger partial charge < -0.3 is 16.0 Å². The normalized spacial score (nSPS) is 22.5. The van der Waals surface area contributed by atoms with E-state index in [9.17, 15) is 14.4 Å². The van der Waals surface area contributed by atoms with Gasteiger partial charge in [0.05, 0.1) is 6.04 Å². The molecule has 1 aromatic carbocycles. The lowest BCUT2D eigenvalue weighted by Crippen LogP contribution is -2.49. The summed E-state index contributed by atoms with van der Waals surface area (Å²) in [6, 6.07) is 8.61. The predicted octanol–water partition coefficient (Wildman–Crippen LogP) is 4.61. The van der Waals surface area contributed by atoms with Gasteiger partial charge in [0.1, 0.15) is 6.04 Å². The molecule has 0 saturated heterocycles. The van der Waals surface area contributed by atoms with Gasteiger partial charge in [0, 0.05) is 18.9 Å². The van der Waals surface area contributed by atoms with Crippen molar-refractivity contribution >= 4 is 17.7 Å². The zero-order valence-electron chi connectivity index (χ0n) is 22.1. The lowest BCUT2D eigenvalue weighted by atomic mass is 9.70. The molecule has 3 N–H and O–H groups in total. The molecule has 1 aromatic rings. The average Bonchev–Trinajstić information content (AvgIpc) is 2.75. The summed E-state index contributed by atoms with van der Waals surface area (Å²) in [6.45, 7) is 14.6. The fraction of sp³-hybridized carbons (Fsp3) is 0.679. The SMILES string of the molecule is CC(C)[C@@H]1CC[C@@H](C)C[C@H]1C(=O)NC[C@@H](NC(=O)[C@@H](C)NC(=O)CC(C)(C)C)c1ccccc1. The lowest BCUT2D eigenvalue weighted by Gasteiger charge is -2.36. The van der Waals surface area contributed by atoms with Crippen molar-refractivity contribution in [2.75, 3.05) is 6.54 Å². The zero-order chi connectivity index (χ0) is 25.5. The Morgan fingerprint density at radius 2 is 1.65 bits per heavy atom. The molecule has 0 aliphatic heterocycles. The Labute approximate surface area is 206 Å². The quantitative estimate of drug-likeness (QED) is 0.491. The highest BCUT2D eigenvalue weighted by atomic mass is 16.2. The van der Waals surface area contributed by atoms with Crippen molar-refractivity contribution in [3.63, 3.8) is 0 Å². The summed E-state index contributed by atoms with van der Waals surface area (Å²) in [7, 11) is 0. The van der Waals surface area contributed by atoms with Crippen LogP contribution in [0.5, 0.6) is 0 Å². The molecule has 0 bridgehead atoms. The van der Waals surface area contributed by atoms with Crippen molar-refractivity contribution in [1.82, 2.24) is 16.0 Å². The minimum Gasteiger partial charge on any atom is -0.353 e. The van der Waals surface area contributed by atoms with E-state index in [1.54, 1.807) is 6.92 Å². The van der Waals surface area contributed by atoms with Crippen molar-refractivity contribution in [3.8, 4) is 0 Å². The second kappa shape index (κ2) is 12.4. The molecule has 190 valence electrons. The molecule has 0 spiro atoms. The Morgan fingerprint density at radius 1 is 1.00 bits per heavy atom. The van der Waals surface area contributed by atoms with Crippen molar-refractivity contribution in [2.24, 2.45) is 29.1 Å². The van der Waals surface area contributed by atoms with E-state index >= 15 is 0 Å². The lowest BCUT2D eigenvalue weighted by molar-refractivity contribution is -0.130. The van der Waals surface area contributed by atoms with Crippen LogP contribution in [0.3, 0.4) is 0 Å². The molecule has 0 radical (unpaired) electrons. The third-order valence-electron chi connectivity index (χ3n) is 6.82. The van der Waals surface area contributed by atoms with Crippen LogP contribution in [0.25, 0.3) is 0 Å². The second-order valence-corrected chi connectivity index (χ2v) is 11.7. The fourth-order valence-electron chi connectivity index (χ4n) is 4.91. The summed E-state index contributed by atoms with van der Waals surface area (Å²) in [5, 5.41) is 8.96. The maximum atomic E-state index is 13.2. The molecule has 0 aromatic heterocycles. The topological polar surface area (TPSA) is 87.3 Å². The summed E-state index contributed by atoms with van der Waals surface area (Å²) < 4.78 is 0. The summed E-state index contributed by atoms with van der Waals surface area (Å²) in [4.78, 5) is 38.4. The van der Waals surface area contributed by atoms with E-state index in [-0.39, 0.29) is 35.1 Å². The Balaban J connectivity index is 2.05. The Hall–Kier alpha value is -2.37. The molecule has 1 aliphatic carbocycles. The first-order valence-electron chi connectivity index (χ1n) is 12.8. The minimum absolute atomic E-state index is 0.00600. The molecular weight excluding hydrogens is 426 g/mol. The van der Waals surface area contributed by atoms with Crippen molar-refractivity contribution in [2.45, 2.75) is 86.2 Å². The van der Waals surface area contributed by atoms with Gasteiger partial charge >= 0.3 is 0 Å². The highest BCUT2D eigenvalue weighted by molar-refractivity contribution is 5.87. The number of amides is 3. The predicted molar refractivity (Wildman–Crippen MR) is 137 cm³/mol. The van der Waals surface area contributed by atoms with E-state index in [4.69, 9.17) is 0 Å². The van der Waals surface area contributed by atoms with Crippen LogP contribution in [-0.2, 0) is 14.4 Å². The molecule has 0 unspecified atom stereocenters. The maximum absolute atomic E-state index is 13.2. The summed E-state index contributed by atoms with van der Waals surface area (Å²) in [6.07, 6.45) is 3.52. The Kier molecular flexibility index (Phi) is 10.1.